The average Bonchev–Trinajstić information content (AvgIpc) is 3.19. The van der Waals surface area contributed by atoms with Crippen molar-refractivity contribution in [3.63, 3.8) is 0 Å². The van der Waals surface area contributed by atoms with Crippen LogP contribution in [0.25, 0.3) is 16.6 Å². The van der Waals surface area contributed by atoms with Crippen molar-refractivity contribution in [1.29, 1.82) is 0 Å². The number of para-hydroxylation sites is 1. The molecule has 7 nitrogen and oxygen atoms in total. The fourth-order valence-corrected chi connectivity index (χ4v) is 4.24. The van der Waals surface area contributed by atoms with Crippen molar-refractivity contribution in [1.82, 2.24) is 14.6 Å². The lowest BCUT2D eigenvalue weighted by Gasteiger charge is -2.14. The van der Waals surface area contributed by atoms with Crippen LogP contribution in [0, 0.1) is 6.92 Å². The number of nitrogens with zero attached hydrogens (tertiary/aromatic N) is 3. The van der Waals surface area contributed by atoms with Gasteiger partial charge >= 0.3 is 0 Å². The van der Waals surface area contributed by atoms with Crippen LogP contribution in [0.15, 0.2) is 53.7 Å². The van der Waals surface area contributed by atoms with E-state index in [4.69, 9.17) is 9.47 Å². The predicted octanol–water partition coefficient (Wildman–Crippen LogP) is 3.93. The molecule has 0 saturated carbocycles. The van der Waals surface area contributed by atoms with Crippen LogP contribution in [0.4, 0.5) is 0 Å². The number of pyridine rings is 1. The van der Waals surface area contributed by atoms with Gasteiger partial charge in [0.1, 0.15) is 6.61 Å². The molecule has 2 aromatic heterocycles. The molecule has 0 saturated heterocycles. The number of aliphatic hydroxyl groups is 1. The highest BCUT2D eigenvalue weighted by atomic mass is 32.2. The molecule has 0 amide bonds. The molecule has 8 heteroatoms. The quantitative estimate of drug-likeness (QED) is 0.330. The number of methoxy groups -OCH3 is 1. The van der Waals surface area contributed by atoms with Crippen molar-refractivity contribution in [3.8, 4) is 11.5 Å². The van der Waals surface area contributed by atoms with Crippen LogP contribution in [0.1, 0.15) is 22.8 Å². The molecule has 2 aromatic carbocycles. The van der Waals surface area contributed by atoms with Crippen LogP contribution in [0.5, 0.6) is 11.5 Å². The summed E-state index contributed by atoms with van der Waals surface area (Å²) in [6, 6.07) is 15.1. The molecule has 2 heterocycles. The Hall–Kier alpha value is -3.10. The highest BCUT2D eigenvalue weighted by molar-refractivity contribution is 7.99. The van der Waals surface area contributed by atoms with Gasteiger partial charge in [0.25, 0.3) is 0 Å². The van der Waals surface area contributed by atoms with Gasteiger partial charge in [-0.2, -0.15) is 0 Å². The number of benzene rings is 2. The molecule has 1 N–H and O–H groups in total. The summed E-state index contributed by atoms with van der Waals surface area (Å²) < 4.78 is 13.0. The monoisotopic (exact) mass is 437 g/mol. The van der Waals surface area contributed by atoms with Gasteiger partial charge in [-0.05, 0) is 49.7 Å². The highest BCUT2D eigenvalue weighted by Crippen LogP contribution is 2.29. The molecular weight excluding hydrogens is 414 g/mol. The zero-order valence-corrected chi connectivity index (χ0v) is 18.3. The van der Waals surface area contributed by atoms with Crippen LogP contribution in [0.2, 0.25) is 0 Å². The Morgan fingerprint density at radius 3 is 2.74 bits per heavy atom. The highest BCUT2D eigenvalue weighted by Gasteiger charge is 2.15. The summed E-state index contributed by atoms with van der Waals surface area (Å²) in [5.41, 5.74) is 3.50. The molecular formula is C23H23N3O4S. The minimum absolute atomic E-state index is 0.0514. The van der Waals surface area contributed by atoms with Gasteiger partial charge in [-0.3, -0.25) is 9.20 Å². The Morgan fingerprint density at radius 2 is 1.97 bits per heavy atom. The molecule has 4 aromatic rings. The Balaban J connectivity index is 1.45. The Morgan fingerprint density at radius 1 is 1.16 bits per heavy atom. The standard InChI is InChI=1S/C23H23N3O4S/c1-14-10-22-24-25-23(26(22)19-7-5-4-6-18(14)19)31-13-17(28)12-30-20-9-8-16(15(2)27)11-21(20)29-3/h4-11,17,28H,12-13H2,1-3H3/t17-/m0/s1. The molecule has 4 rings (SSSR count). The smallest absolute Gasteiger partial charge is 0.196 e. The predicted molar refractivity (Wildman–Crippen MR) is 120 cm³/mol. The van der Waals surface area contributed by atoms with E-state index >= 15 is 0 Å². The topological polar surface area (TPSA) is 86.0 Å². The van der Waals surface area contributed by atoms with Crippen LogP contribution >= 0.6 is 11.8 Å². The third-order valence-corrected chi connectivity index (χ3v) is 6.05. The second kappa shape index (κ2) is 8.95. The summed E-state index contributed by atoms with van der Waals surface area (Å²) in [7, 11) is 1.51. The second-order valence-corrected chi connectivity index (χ2v) is 8.21. The number of aryl methyl sites for hydroxylation is 1. The first kappa shape index (κ1) is 21.1. The summed E-state index contributed by atoms with van der Waals surface area (Å²) >= 11 is 1.42. The number of rotatable bonds is 8. The lowest BCUT2D eigenvalue weighted by molar-refractivity contribution is 0.101. The molecule has 1 atom stereocenters. The fourth-order valence-electron chi connectivity index (χ4n) is 3.38. The van der Waals surface area contributed by atoms with Crippen molar-refractivity contribution in [2.24, 2.45) is 0 Å². The molecule has 0 radical (unpaired) electrons. The van der Waals surface area contributed by atoms with Crippen LogP contribution in [-0.4, -0.2) is 51.1 Å². The van der Waals surface area contributed by atoms with Gasteiger partial charge in [-0.1, -0.05) is 30.0 Å². The van der Waals surface area contributed by atoms with Crippen LogP contribution in [0.3, 0.4) is 0 Å². The van der Waals surface area contributed by atoms with Crippen molar-refractivity contribution >= 4 is 34.1 Å². The third-order valence-electron chi connectivity index (χ3n) is 4.98. The summed E-state index contributed by atoms with van der Waals surface area (Å²) in [5.74, 6) is 1.27. The number of ether oxygens (including phenoxy) is 2. The van der Waals surface area contributed by atoms with Gasteiger partial charge in [0, 0.05) is 16.7 Å². The Labute approximate surface area is 184 Å². The van der Waals surface area contributed by atoms with Gasteiger partial charge in [0.15, 0.2) is 28.1 Å². The van der Waals surface area contributed by atoms with E-state index < -0.39 is 6.10 Å². The van der Waals surface area contributed by atoms with E-state index in [1.165, 1.54) is 25.8 Å². The third kappa shape index (κ3) is 4.35. The van der Waals surface area contributed by atoms with Crippen molar-refractivity contribution in [3.05, 3.63) is 59.7 Å². The summed E-state index contributed by atoms with van der Waals surface area (Å²) in [5, 5.41) is 20.9. The average molecular weight is 438 g/mol. The zero-order valence-electron chi connectivity index (χ0n) is 17.5. The first-order valence-corrected chi connectivity index (χ1v) is 10.8. The van der Waals surface area contributed by atoms with E-state index in [-0.39, 0.29) is 12.4 Å². The number of carbonyl (C=O) groups excluding carboxylic acids is 1. The molecule has 0 spiro atoms. The van der Waals surface area contributed by atoms with Crippen LogP contribution < -0.4 is 9.47 Å². The van der Waals surface area contributed by atoms with Gasteiger partial charge in [0.2, 0.25) is 0 Å². The molecule has 0 bridgehead atoms. The molecule has 160 valence electrons. The normalized spacial score (nSPS) is 12.3. The first-order chi connectivity index (χ1) is 15.0. The molecule has 0 aliphatic carbocycles. The largest absolute Gasteiger partial charge is 0.493 e. The summed E-state index contributed by atoms with van der Waals surface area (Å²) in [4.78, 5) is 11.5. The number of thioether (sulfide) groups is 1. The number of carbonyl (C=O) groups is 1. The van der Waals surface area contributed by atoms with Crippen LogP contribution in [-0.2, 0) is 0 Å². The summed E-state index contributed by atoms with van der Waals surface area (Å²) in [6.45, 7) is 3.64. The number of Topliss-reactive ketones (excluding diaryl/α,β-unsaturated/α-hetero) is 1. The Bertz CT molecular complexity index is 1250. The number of ketones is 1. The Kier molecular flexibility index (Phi) is 6.11. The minimum Gasteiger partial charge on any atom is -0.493 e. The zero-order chi connectivity index (χ0) is 22.0. The fraction of sp³-hybridized carbons (Fsp3) is 0.261. The van der Waals surface area contributed by atoms with Gasteiger partial charge in [0.05, 0.1) is 18.7 Å². The van der Waals surface area contributed by atoms with Gasteiger partial charge in [-0.25, -0.2) is 0 Å². The van der Waals surface area contributed by atoms with E-state index in [1.54, 1.807) is 18.2 Å². The summed E-state index contributed by atoms with van der Waals surface area (Å²) in [6.07, 6.45) is -0.730. The maximum atomic E-state index is 11.5. The SMILES string of the molecule is COc1cc(C(C)=O)ccc1OC[C@H](O)CSc1nnc2cc(C)c3ccccc3n12. The molecule has 31 heavy (non-hydrogen) atoms. The molecule has 0 fully saturated rings. The van der Waals surface area contributed by atoms with Gasteiger partial charge < -0.3 is 14.6 Å². The lowest BCUT2D eigenvalue weighted by atomic mass is 10.1. The number of aromatic nitrogens is 3. The second-order valence-electron chi connectivity index (χ2n) is 7.22. The minimum atomic E-state index is -0.730. The maximum absolute atomic E-state index is 11.5. The number of aliphatic hydroxyl groups excluding tert-OH is 1. The van der Waals surface area contributed by atoms with Crippen molar-refractivity contribution < 1.29 is 19.4 Å². The van der Waals surface area contributed by atoms with Crippen molar-refractivity contribution in [2.75, 3.05) is 19.5 Å². The van der Waals surface area contributed by atoms with E-state index in [1.807, 2.05) is 28.7 Å². The van der Waals surface area contributed by atoms with E-state index in [9.17, 15) is 9.90 Å². The van der Waals surface area contributed by atoms with Crippen molar-refractivity contribution in [2.45, 2.75) is 25.1 Å². The first-order valence-electron chi connectivity index (χ1n) is 9.84. The lowest BCUT2D eigenvalue weighted by Crippen LogP contribution is -2.20. The van der Waals surface area contributed by atoms with Gasteiger partial charge in [-0.15, -0.1) is 10.2 Å². The molecule has 0 aliphatic heterocycles. The van der Waals surface area contributed by atoms with E-state index in [0.717, 1.165) is 22.1 Å². The number of fused-ring (bicyclic) bond motifs is 3. The number of hydrogen-bond donors (Lipinski definition) is 1. The maximum Gasteiger partial charge on any atom is 0.196 e. The van der Waals surface area contributed by atoms with E-state index in [0.29, 0.717) is 28.0 Å². The number of hydrogen-bond acceptors (Lipinski definition) is 7. The van der Waals surface area contributed by atoms with E-state index in [2.05, 4.69) is 23.2 Å². The molecule has 0 aliphatic rings. The molecule has 0 unspecified atom stereocenters.